The number of nitrogens with one attached hydrogen (secondary N) is 1. The van der Waals surface area contributed by atoms with Crippen molar-refractivity contribution in [1.82, 2.24) is 15.3 Å². The highest BCUT2D eigenvalue weighted by Crippen LogP contribution is 2.30. The molecule has 21 heavy (non-hydrogen) atoms. The summed E-state index contributed by atoms with van der Waals surface area (Å²) in [6.07, 6.45) is 5.07. The number of anilines is 1. The van der Waals surface area contributed by atoms with Gasteiger partial charge in [0.2, 0.25) is 5.91 Å². The van der Waals surface area contributed by atoms with E-state index in [4.69, 9.17) is 0 Å². The molecule has 0 radical (unpaired) electrons. The Kier molecular flexibility index (Phi) is 3.70. The normalized spacial score (nSPS) is 21.7. The van der Waals surface area contributed by atoms with Crippen molar-refractivity contribution in [1.29, 1.82) is 0 Å². The first kappa shape index (κ1) is 13.8. The Labute approximate surface area is 122 Å². The average molecular weight is 286 g/mol. The predicted octanol–water partition coefficient (Wildman–Crippen LogP) is 0.563. The zero-order valence-corrected chi connectivity index (χ0v) is 11.9. The molecule has 3 rings (SSSR count). The van der Waals surface area contributed by atoms with Gasteiger partial charge >= 0.3 is 0 Å². The summed E-state index contributed by atoms with van der Waals surface area (Å²) in [7, 11) is 1.62. The molecule has 6 nitrogen and oxygen atoms in total. The van der Waals surface area contributed by atoms with Crippen molar-refractivity contribution in [3.8, 4) is 0 Å². The molecular formula is C15H18N4O2. The first-order chi connectivity index (χ1) is 10.2. The lowest BCUT2D eigenvalue weighted by Gasteiger charge is -2.19. The topological polar surface area (TPSA) is 78.4 Å². The first-order valence-electron chi connectivity index (χ1n) is 7.01. The number of aliphatic hydroxyl groups excluding tert-OH is 1. The highest BCUT2D eigenvalue weighted by molar-refractivity contribution is 5.91. The Morgan fingerprint density at radius 2 is 2.29 bits per heavy atom. The maximum Gasteiger partial charge on any atom is 0.220 e. The number of hydrogen-bond donors (Lipinski definition) is 2. The molecule has 1 saturated heterocycles. The lowest BCUT2D eigenvalue weighted by Crippen LogP contribution is -2.27. The van der Waals surface area contributed by atoms with Gasteiger partial charge in [0.15, 0.2) is 0 Å². The Morgan fingerprint density at radius 1 is 1.43 bits per heavy atom. The molecule has 2 atom stereocenters. The van der Waals surface area contributed by atoms with E-state index in [9.17, 15) is 9.90 Å². The number of carbonyl (C=O) groups is 1. The molecule has 0 spiro atoms. The molecular weight excluding hydrogens is 268 g/mol. The summed E-state index contributed by atoms with van der Waals surface area (Å²) in [6.45, 7) is 1.19. The minimum absolute atomic E-state index is 0.0373. The number of carbonyl (C=O) groups excluding carboxylic acids is 1. The van der Waals surface area contributed by atoms with Crippen LogP contribution in [0.15, 0.2) is 30.7 Å². The second kappa shape index (κ2) is 5.65. The van der Waals surface area contributed by atoms with E-state index in [1.165, 1.54) is 0 Å². The number of aromatic nitrogens is 2. The minimum Gasteiger partial charge on any atom is -0.391 e. The summed E-state index contributed by atoms with van der Waals surface area (Å²) in [5, 5.41) is 13.8. The van der Waals surface area contributed by atoms with Crippen LogP contribution < -0.4 is 10.2 Å². The van der Waals surface area contributed by atoms with Crippen molar-refractivity contribution in [3.63, 3.8) is 0 Å². The molecule has 0 saturated carbocycles. The number of nitrogens with zero attached hydrogens (tertiary/aromatic N) is 3. The number of hydrogen-bond acceptors (Lipinski definition) is 5. The number of β-amino-alcohol motifs (C(OH)–C–C–N with tert-alkyl or cyclic N) is 1. The Hall–Kier alpha value is -2.21. The van der Waals surface area contributed by atoms with Crippen LogP contribution in [0, 0.1) is 5.92 Å². The Morgan fingerprint density at radius 3 is 3.10 bits per heavy atom. The molecule has 1 fully saturated rings. The van der Waals surface area contributed by atoms with Gasteiger partial charge in [0, 0.05) is 55.9 Å². The van der Waals surface area contributed by atoms with E-state index in [1.807, 2.05) is 12.1 Å². The van der Waals surface area contributed by atoms with Crippen LogP contribution in [0.2, 0.25) is 0 Å². The van der Waals surface area contributed by atoms with Crippen molar-refractivity contribution < 1.29 is 9.90 Å². The molecule has 1 aliphatic heterocycles. The minimum atomic E-state index is -0.493. The molecule has 0 aliphatic carbocycles. The van der Waals surface area contributed by atoms with Gasteiger partial charge in [-0.15, -0.1) is 0 Å². The average Bonchev–Trinajstić information content (AvgIpc) is 2.87. The van der Waals surface area contributed by atoms with Crippen molar-refractivity contribution >= 4 is 22.5 Å². The third kappa shape index (κ3) is 2.67. The lowest BCUT2D eigenvalue weighted by molar-refractivity contribution is -0.122. The molecule has 0 aromatic carbocycles. The van der Waals surface area contributed by atoms with E-state index in [-0.39, 0.29) is 11.8 Å². The van der Waals surface area contributed by atoms with Crippen molar-refractivity contribution in [2.45, 2.75) is 12.5 Å². The molecule has 1 aliphatic rings. The molecule has 110 valence electrons. The maximum absolute atomic E-state index is 11.5. The molecule has 0 bridgehead atoms. The van der Waals surface area contributed by atoms with Gasteiger partial charge in [-0.1, -0.05) is 0 Å². The van der Waals surface area contributed by atoms with Gasteiger partial charge in [-0.05, 0) is 12.1 Å². The summed E-state index contributed by atoms with van der Waals surface area (Å²) in [6, 6.07) is 3.87. The van der Waals surface area contributed by atoms with E-state index >= 15 is 0 Å². The third-order valence-electron chi connectivity index (χ3n) is 4.00. The van der Waals surface area contributed by atoms with Crippen LogP contribution in [0.25, 0.3) is 10.9 Å². The van der Waals surface area contributed by atoms with Crippen LogP contribution in [0.1, 0.15) is 6.42 Å². The van der Waals surface area contributed by atoms with Gasteiger partial charge in [0.05, 0.1) is 17.8 Å². The fourth-order valence-corrected chi connectivity index (χ4v) is 2.85. The second-order valence-corrected chi connectivity index (χ2v) is 5.33. The standard InChI is InChI=1S/C15H18N4O2/c1-16-15(21)6-10-8-19(9-14(10)20)13-3-5-18-12-7-17-4-2-11(12)13/h2-5,7,10,14,20H,6,8-9H2,1H3,(H,16,21)/t10-,14-/m1/s1. The van der Waals surface area contributed by atoms with Crippen LogP contribution in [0.3, 0.4) is 0 Å². The van der Waals surface area contributed by atoms with E-state index in [1.54, 1.807) is 25.6 Å². The van der Waals surface area contributed by atoms with Crippen LogP contribution in [-0.2, 0) is 4.79 Å². The maximum atomic E-state index is 11.5. The zero-order valence-electron chi connectivity index (χ0n) is 11.9. The van der Waals surface area contributed by atoms with Gasteiger partial charge in [-0.25, -0.2) is 0 Å². The Balaban J connectivity index is 1.86. The highest BCUT2D eigenvalue weighted by Gasteiger charge is 2.33. The molecule has 2 N–H and O–H groups in total. The quantitative estimate of drug-likeness (QED) is 0.862. The zero-order chi connectivity index (χ0) is 14.8. The van der Waals surface area contributed by atoms with Gasteiger partial charge < -0.3 is 15.3 Å². The molecule has 6 heteroatoms. The lowest BCUT2D eigenvalue weighted by atomic mass is 10.0. The fourth-order valence-electron chi connectivity index (χ4n) is 2.85. The van der Waals surface area contributed by atoms with Gasteiger partial charge in [0.25, 0.3) is 0 Å². The molecule has 0 unspecified atom stereocenters. The van der Waals surface area contributed by atoms with Crippen LogP contribution in [-0.4, -0.2) is 47.2 Å². The monoisotopic (exact) mass is 286 g/mol. The predicted molar refractivity (Wildman–Crippen MR) is 79.9 cm³/mol. The summed E-state index contributed by atoms with van der Waals surface area (Å²) >= 11 is 0. The van der Waals surface area contributed by atoms with Crippen LogP contribution in [0.4, 0.5) is 5.69 Å². The molecule has 2 aromatic rings. The van der Waals surface area contributed by atoms with E-state index in [0.29, 0.717) is 19.5 Å². The number of rotatable bonds is 3. The molecule has 1 amide bonds. The van der Waals surface area contributed by atoms with E-state index < -0.39 is 6.10 Å². The second-order valence-electron chi connectivity index (χ2n) is 5.33. The van der Waals surface area contributed by atoms with Gasteiger partial charge in [-0.2, -0.15) is 0 Å². The summed E-state index contributed by atoms with van der Waals surface area (Å²) < 4.78 is 0. The number of pyridine rings is 2. The highest BCUT2D eigenvalue weighted by atomic mass is 16.3. The summed E-state index contributed by atoms with van der Waals surface area (Å²) in [5.74, 6) is -0.0836. The third-order valence-corrected chi connectivity index (χ3v) is 4.00. The molecule has 2 aromatic heterocycles. The summed E-state index contributed by atoms with van der Waals surface area (Å²) in [4.78, 5) is 22.0. The largest absolute Gasteiger partial charge is 0.391 e. The van der Waals surface area contributed by atoms with Crippen molar-refractivity contribution in [2.24, 2.45) is 5.92 Å². The summed E-state index contributed by atoms with van der Waals surface area (Å²) in [5.41, 5.74) is 1.86. The van der Waals surface area contributed by atoms with Crippen LogP contribution >= 0.6 is 0 Å². The molecule has 3 heterocycles. The van der Waals surface area contributed by atoms with E-state index in [0.717, 1.165) is 16.6 Å². The van der Waals surface area contributed by atoms with Crippen molar-refractivity contribution in [2.75, 3.05) is 25.0 Å². The van der Waals surface area contributed by atoms with E-state index in [2.05, 4.69) is 20.2 Å². The smallest absolute Gasteiger partial charge is 0.220 e. The van der Waals surface area contributed by atoms with Crippen LogP contribution in [0.5, 0.6) is 0 Å². The fraction of sp³-hybridized carbons (Fsp3) is 0.400. The van der Waals surface area contributed by atoms with Gasteiger partial charge in [-0.3, -0.25) is 14.8 Å². The SMILES string of the molecule is CNC(=O)C[C@@H]1CN(c2ccnc3cnccc23)C[C@H]1O. The van der Waals surface area contributed by atoms with Gasteiger partial charge in [0.1, 0.15) is 0 Å². The first-order valence-corrected chi connectivity index (χ1v) is 7.01. The van der Waals surface area contributed by atoms with Crippen molar-refractivity contribution in [3.05, 3.63) is 30.7 Å². The number of aliphatic hydroxyl groups is 1. The number of amides is 1. The Bertz CT molecular complexity index is 656. The number of fused-ring (bicyclic) bond motifs is 1.